The Kier molecular flexibility index (Phi) is 5.33. The molecule has 0 spiro atoms. The van der Waals surface area contributed by atoms with Gasteiger partial charge in [-0.15, -0.1) is 0 Å². The first-order valence-corrected chi connectivity index (χ1v) is 7.69. The molecule has 0 aliphatic carbocycles. The van der Waals surface area contributed by atoms with Crippen molar-refractivity contribution in [2.24, 2.45) is 0 Å². The van der Waals surface area contributed by atoms with Gasteiger partial charge in [-0.05, 0) is 51.0 Å². The van der Waals surface area contributed by atoms with Gasteiger partial charge in [0.1, 0.15) is 0 Å². The maximum Gasteiger partial charge on any atom is 0.319 e. The molecular weight excluding hydrogens is 308 g/mol. The summed E-state index contributed by atoms with van der Waals surface area (Å²) in [6.07, 6.45) is 0. The first-order valence-electron chi connectivity index (χ1n) is 7.69. The van der Waals surface area contributed by atoms with E-state index in [2.05, 4.69) is 20.8 Å². The number of nitrogens with zero attached hydrogens (tertiary/aromatic N) is 1. The number of hydrogen-bond acceptors (Lipinski definition) is 4. The lowest BCUT2D eigenvalue weighted by molar-refractivity contribution is 0.249. The van der Waals surface area contributed by atoms with E-state index in [1.165, 1.54) is 0 Å². The van der Waals surface area contributed by atoms with Gasteiger partial charge in [-0.1, -0.05) is 0 Å². The highest BCUT2D eigenvalue weighted by Crippen LogP contribution is 2.32. The molecule has 3 N–H and O–H groups in total. The minimum absolute atomic E-state index is 0.197. The Balaban J connectivity index is 2.14. The molecule has 1 aromatic heterocycles. The molecule has 0 fully saturated rings. The number of carbonyl (C=O) groups excluding carboxylic acids is 1. The van der Waals surface area contributed by atoms with E-state index in [-0.39, 0.29) is 12.1 Å². The van der Waals surface area contributed by atoms with Crippen LogP contribution in [0.4, 0.5) is 10.5 Å². The average Bonchev–Trinajstić information content (AvgIpc) is 2.86. The molecule has 0 radical (unpaired) electrons. The topological polar surface area (TPSA) is 88.3 Å². The molecule has 130 valence electrons. The van der Waals surface area contributed by atoms with E-state index in [9.17, 15) is 4.79 Å². The number of nitrogens with one attached hydrogen (secondary N) is 3. The smallest absolute Gasteiger partial charge is 0.319 e. The van der Waals surface area contributed by atoms with Crippen LogP contribution in [-0.2, 0) is 0 Å². The summed E-state index contributed by atoms with van der Waals surface area (Å²) >= 11 is 0. The average molecular weight is 332 g/mol. The number of rotatable bonds is 5. The van der Waals surface area contributed by atoms with Crippen molar-refractivity contribution >= 4 is 11.7 Å². The van der Waals surface area contributed by atoms with Crippen LogP contribution < -0.4 is 20.1 Å². The summed E-state index contributed by atoms with van der Waals surface area (Å²) in [6.45, 7) is 7.58. The number of aromatic amines is 1. The number of aryl methyl sites for hydroxylation is 3. The first-order chi connectivity index (χ1) is 11.4. The molecule has 1 heterocycles. The maximum absolute atomic E-state index is 12.3. The van der Waals surface area contributed by atoms with Gasteiger partial charge in [0.2, 0.25) is 0 Å². The highest BCUT2D eigenvalue weighted by molar-refractivity contribution is 5.90. The van der Waals surface area contributed by atoms with Gasteiger partial charge in [-0.25, -0.2) is 4.79 Å². The normalized spacial score (nSPS) is 11.8. The molecule has 0 aliphatic rings. The number of anilines is 1. The summed E-state index contributed by atoms with van der Waals surface area (Å²) in [5, 5.41) is 12.7. The van der Waals surface area contributed by atoms with Crippen molar-refractivity contribution in [3.63, 3.8) is 0 Å². The van der Waals surface area contributed by atoms with E-state index < -0.39 is 0 Å². The van der Waals surface area contributed by atoms with Gasteiger partial charge in [0, 0.05) is 0 Å². The van der Waals surface area contributed by atoms with Crippen molar-refractivity contribution < 1.29 is 14.3 Å². The lowest BCUT2D eigenvalue weighted by Gasteiger charge is -2.19. The number of urea groups is 1. The number of hydrogen-bond donors (Lipinski definition) is 3. The molecule has 7 nitrogen and oxygen atoms in total. The lowest BCUT2D eigenvalue weighted by Crippen LogP contribution is -2.31. The van der Waals surface area contributed by atoms with Crippen LogP contribution in [0.15, 0.2) is 12.1 Å². The van der Waals surface area contributed by atoms with Gasteiger partial charge >= 0.3 is 6.03 Å². The minimum Gasteiger partial charge on any atom is -0.493 e. The quantitative estimate of drug-likeness (QED) is 0.784. The molecular formula is C17H24N4O3. The zero-order valence-electron chi connectivity index (χ0n) is 14.9. The van der Waals surface area contributed by atoms with Crippen LogP contribution >= 0.6 is 0 Å². The fraction of sp³-hybridized carbons (Fsp3) is 0.412. The fourth-order valence-electron chi connectivity index (χ4n) is 2.62. The molecule has 1 atom stereocenters. The predicted molar refractivity (Wildman–Crippen MR) is 92.9 cm³/mol. The van der Waals surface area contributed by atoms with Gasteiger partial charge in [0.15, 0.2) is 11.5 Å². The maximum atomic E-state index is 12.3. The molecule has 0 aliphatic heterocycles. The van der Waals surface area contributed by atoms with E-state index in [0.717, 1.165) is 22.5 Å². The summed E-state index contributed by atoms with van der Waals surface area (Å²) in [5.41, 5.74) is 4.23. The van der Waals surface area contributed by atoms with Crippen molar-refractivity contribution in [1.29, 1.82) is 0 Å². The summed E-state index contributed by atoms with van der Waals surface area (Å²) in [4.78, 5) is 12.3. The van der Waals surface area contributed by atoms with Gasteiger partial charge in [0.05, 0.1) is 37.3 Å². The van der Waals surface area contributed by atoms with Gasteiger partial charge in [0.25, 0.3) is 0 Å². The van der Waals surface area contributed by atoms with Crippen LogP contribution in [0.2, 0.25) is 0 Å². The molecule has 24 heavy (non-hydrogen) atoms. The molecule has 0 saturated carbocycles. The predicted octanol–water partition coefficient (Wildman–Crippen LogP) is 3.23. The summed E-state index contributed by atoms with van der Waals surface area (Å²) in [6, 6.07) is 3.30. The van der Waals surface area contributed by atoms with Crippen LogP contribution in [-0.4, -0.2) is 30.4 Å². The van der Waals surface area contributed by atoms with Crippen LogP contribution in [0.3, 0.4) is 0 Å². The zero-order chi connectivity index (χ0) is 17.9. The largest absolute Gasteiger partial charge is 0.493 e. The second kappa shape index (κ2) is 7.25. The van der Waals surface area contributed by atoms with Crippen LogP contribution in [0.5, 0.6) is 11.5 Å². The Labute approximate surface area is 141 Å². The number of aromatic nitrogens is 2. The number of methoxy groups -OCH3 is 2. The minimum atomic E-state index is -0.288. The van der Waals surface area contributed by atoms with E-state index in [0.29, 0.717) is 17.2 Å². The molecule has 2 amide bonds. The third-order valence-corrected chi connectivity index (χ3v) is 3.95. The summed E-state index contributed by atoms with van der Waals surface area (Å²) in [5.74, 6) is 1.30. The molecule has 0 bridgehead atoms. The molecule has 2 aromatic rings. The van der Waals surface area contributed by atoms with Crippen LogP contribution in [0, 0.1) is 20.8 Å². The highest BCUT2D eigenvalue weighted by Gasteiger charge is 2.17. The molecule has 1 unspecified atom stereocenters. The molecule has 2 rings (SSSR count). The number of carbonyl (C=O) groups is 1. The number of amides is 2. The van der Waals surface area contributed by atoms with Crippen LogP contribution in [0.25, 0.3) is 0 Å². The van der Waals surface area contributed by atoms with Crippen molar-refractivity contribution in [2.45, 2.75) is 33.7 Å². The van der Waals surface area contributed by atoms with Gasteiger partial charge in [-0.2, -0.15) is 5.10 Å². The second-order valence-corrected chi connectivity index (χ2v) is 5.69. The van der Waals surface area contributed by atoms with E-state index in [4.69, 9.17) is 9.47 Å². The Hall–Kier alpha value is -2.70. The molecule has 0 saturated heterocycles. The number of ether oxygens (including phenoxy) is 2. The highest BCUT2D eigenvalue weighted by atomic mass is 16.5. The van der Waals surface area contributed by atoms with Crippen molar-refractivity contribution in [1.82, 2.24) is 15.5 Å². The van der Waals surface area contributed by atoms with Crippen LogP contribution in [0.1, 0.15) is 35.5 Å². The Morgan fingerprint density at radius 1 is 1.17 bits per heavy atom. The first kappa shape index (κ1) is 17.7. The molecule has 1 aromatic carbocycles. The monoisotopic (exact) mass is 332 g/mol. The zero-order valence-corrected chi connectivity index (χ0v) is 14.9. The third-order valence-electron chi connectivity index (χ3n) is 3.95. The van der Waals surface area contributed by atoms with E-state index >= 15 is 0 Å². The standard InChI is InChI=1S/C17H24N4O3/c1-9-7-14(23-5)15(24-6)8-13(9)10(2)18-17(22)19-16-11(3)20-21-12(16)4/h7-8,10H,1-6H3,(H,20,21)(H2,18,19,22). The fourth-order valence-corrected chi connectivity index (χ4v) is 2.62. The van der Waals surface area contributed by atoms with Crippen molar-refractivity contribution in [3.8, 4) is 11.5 Å². The lowest BCUT2D eigenvalue weighted by atomic mass is 10.0. The van der Waals surface area contributed by atoms with E-state index in [1.807, 2.05) is 39.8 Å². The Morgan fingerprint density at radius 2 is 1.79 bits per heavy atom. The number of benzene rings is 1. The van der Waals surface area contributed by atoms with E-state index in [1.54, 1.807) is 14.2 Å². The van der Waals surface area contributed by atoms with Crippen molar-refractivity contribution in [3.05, 3.63) is 34.6 Å². The SMILES string of the molecule is COc1cc(C)c(C(C)NC(=O)Nc2c(C)n[nH]c2C)cc1OC. The van der Waals surface area contributed by atoms with Crippen molar-refractivity contribution in [2.75, 3.05) is 19.5 Å². The van der Waals surface area contributed by atoms with Gasteiger partial charge < -0.3 is 20.1 Å². The second-order valence-electron chi connectivity index (χ2n) is 5.69. The Bertz CT molecular complexity index is 720. The van der Waals surface area contributed by atoms with Gasteiger partial charge in [-0.3, -0.25) is 5.10 Å². The molecule has 7 heteroatoms. The third kappa shape index (κ3) is 3.61. The summed E-state index contributed by atoms with van der Waals surface area (Å²) < 4.78 is 10.6. The number of H-pyrrole nitrogens is 1. The Morgan fingerprint density at radius 3 is 2.33 bits per heavy atom. The summed E-state index contributed by atoms with van der Waals surface area (Å²) in [7, 11) is 3.19.